The van der Waals surface area contributed by atoms with Crippen molar-refractivity contribution in [2.45, 2.75) is 92.4 Å². The van der Waals surface area contributed by atoms with Crippen LogP contribution in [0.15, 0.2) is 24.3 Å². The molecule has 0 aliphatic heterocycles. The van der Waals surface area contributed by atoms with E-state index in [1.54, 1.807) is 13.8 Å². The molecule has 36 heavy (non-hydrogen) atoms. The Hall–Kier alpha value is -1.81. The van der Waals surface area contributed by atoms with E-state index in [9.17, 15) is 9.67 Å². The van der Waals surface area contributed by atoms with Gasteiger partial charge in [0.1, 0.15) is 11.5 Å². The Morgan fingerprint density at radius 1 is 1.03 bits per heavy atom. The molecule has 2 aromatic carbocycles. The second-order valence-corrected chi connectivity index (χ2v) is 12.3. The van der Waals surface area contributed by atoms with Gasteiger partial charge in [-0.1, -0.05) is 46.6 Å². The lowest BCUT2D eigenvalue weighted by atomic mass is 9.81. The Labute approximate surface area is 218 Å². The maximum absolute atomic E-state index is 12.8. The molecule has 1 atom stereocenters. The second kappa shape index (κ2) is 12.6. The zero-order valence-corrected chi connectivity index (χ0v) is 24.1. The van der Waals surface area contributed by atoms with Gasteiger partial charge in [-0.05, 0) is 103 Å². The zero-order chi connectivity index (χ0) is 26.5. The number of phenolic OH excluding ortho intramolecular Hbond substituents is 1. The molecule has 0 bridgehead atoms. The largest absolute Gasteiger partial charge is 0.508 e. The molecule has 1 aliphatic carbocycles. The molecule has 200 valence electrons. The predicted octanol–water partition coefficient (Wildman–Crippen LogP) is 8.48. The van der Waals surface area contributed by atoms with Crippen molar-refractivity contribution in [2.24, 2.45) is 5.92 Å². The van der Waals surface area contributed by atoms with Crippen molar-refractivity contribution in [3.05, 3.63) is 57.6 Å². The first kappa shape index (κ1) is 28.8. The number of ether oxygens (including phenoxy) is 1. The lowest BCUT2D eigenvalue weighted by molar-refractivity contribution is 0.197. The Morgan fingerprint density at radius 2 is 1.69 bits per heavy atom. The first-order valence-electron chi connectivity index (χ1n) is 13.7. The highest BCUT2D eigenvalue weighted by Crippen LogP contribution is 2.49. The Balaban J connectivity index is 1.96. The van der Waals surface area contributed by atoms with Crippen molar-refractivity contribution in [3.8, 4) is 11.5 Å². The molecular weight excluding hydrogens is 471 g/mol. The van der Waals surface area contributed by atoms with Gasteiger partial charge < -0.3 is 18.9 Å². The van der Waals surface area contributed by atoms with Gasteiger partial charge in [-0.15, -0.1) is 0 Å². The Kier molecular flexibility index (Phi) is 10.1. The number of hydrogen-bond acceptors (Lipinski definition) is 5. The van der Waals surface area contributed by atoms with E-state index in [-0.39, 0.29) is 12.3 Å². The molecule has 0 radical (unpaired) electrons. The highest BCUT2D eigenvalue weighted by Gasteiger charge is 2.31. The third kappa shape index (κ3) is 6.54. The number of aromatic hydroxyl groups is 1. The van der Waals surface area contributed by atoms with Crippen molar-refractivity contribution in [2.75, 3.05) is 19.6 Å². The Morgan fingerprint density at radius 3 is 2.28 bits per heavy atom. The van der Waals surface area contributed by atoms with Gasteiger partial charge in [0.15, 0.2) is 6.35 Å². The number of rotatable bonds is 13. The summed E-state index contributed by atoms with van der Waals surface area (Å²) in [6.45, 7) is 15.2. The molecule has 0 saturated heterocycles. The highest BCUT2D eigenvalue weighted by molar-refractivity contribution is 7.53. The van der Waals surface area contributed by atoms with Gasteiger partial charge in [0, 0.05) is 5.92 Å². The molecule has 0 amide bonds. The molecule has 0 fully saturated rings. The van der Waals surface area contributed by atoms with Crippen LogP contribution in [0.5, 0.6) is 11.5 Å². The van der Waals surface area contributed by atoms with Crippen molar-refractivity contribution in [1.82, 2.24) is 0 Å². The second-order valence-electron chi connectivity index (χ2n) is 10.3. The SMILES string of the molecule is CCOP(=O)(COc1cc(C)c2c(c1)CC[C@@H]2c1cc(C(C)C)c(O)cc1CC(CC)CC)OCC. The molecule has 6 heteroatoms. The van der Waals surface area contributed by atoms with Gasteiger partial charge in [0.2, 0.25) is 0 Å². The molecule has 1 aliphatic rings. The van der Waals surface area contributed by atoms with E-state index >= 15 is 0 Å². The van der Waals surface area contributed by atoms with Crippen LogP contribution in [-0.2, 0) is 26.5 Å². The summed E-state index contributed by atoms with van der Waals surface area (Å²) in [5, 5.41) is 10.8. The van der Waals surface area contributed by atoms with Crippen LogP contribution < -0.4 is 4.74 Å². The normalized spacial score (nSPS) is 15.6. The monoisotopic (exact) mass is 516 g/mol. The average Bonchev–Trinajstić information content (AvgIpc) is 3.26. The van der Waals surface area contributed by atoms with Crippen molar-refractivity contribution in [3.63, 3.8) is 0 Å². The molecule has 0 spiro atoms. The minimum atomic E-state index is -3.27. The molecular formula is C30H45O5P. The predicted molar refractivity (Wildman–Crippen MR) is 148 cm³/mol. The van der Waals surface area contributed by atoms with E-state index in [2.05, 4.69) is 46.8 Å². The quantitative estimate of drug-likeness (QED) is 0.270. The maximum atomic E-state index is 12.8. The van der Waals surface area contributed by atoms with E-state index in [4.69, 9.17) is 13.8 Å². The fraction of sp³-hybridized carbons (Fsp3) is 0.600. The van der Waals surface area contributed by atoms with E-state index in [0.717, 1.165) is 37.7 Å². The van der Waals surface area contributed by atoms with E-state index < -0.39 is 7.60 Å². The third-order valence-electron chi connectivity index (χ3n) is 7.49. The van der Waals surface area contributed by atoms with Crippen molar-refractivity contribution in [1.29, 1.82) is 0 Å². The Bertz CT molecular complexity index is 1060. The molecule has 2 aromatic rings. The molecule has 0 saturated carbocycles. The van der Waals surface area contributed by atoms with E-state index in [1.165, 1.54) is 27.8 Å². The van der Waals surface area contributed by atoms with Gasteiger partial charge in [0.25, 0.3) is 0 Å². The summed E-state index contributed by atoms with van der Waals surface area (Å²) in [4.78, 5) is 0. The zero-order valence-electron chi connectivity index (χ0n) is 23.2. The average molecular weight is 517 g/mol. The summed E-state index contributed by atoms with van der Waals surface area (Å²) in [6, 6.07) is 8.44. The van der Waals surface area contributed by atoms with Gasteiger partial charge in [-0.2, -0.15) is 0 Å². The topological polar surface area (TPSA) is 65.0 Å². The first-order chi connectivity index (χ1) is 17.2. The van der Waals surface area contributed by atoms with Gasteiger partial charge in [-0.3, -0.25) is 4.57 Å². The van der Waals surface area contributed by atoms with Crippen LogP contribution in [0.2, 0.25) is 0 Å². The lowest BCUT2D eigenvalue weighted by Gasteiger charge is -2.24. The van der Waals surface area contributed by atoms with Crippen LogP contribution in [0.25, 0.3) is 0 Å². The van der Waals surface area contributed by atoms with Gasteiger partial charge in [-0.25, -0.2) is 0 Å². The van der Waals surface area contributed by atoms with Crippen LogP contribution in [0, 0.1) is 12.8 Å². The van der Waals surface area contributed by atoms with Crippen molar-refractivity contribution >= 4 is 7.60 Å². The maximum Gasteiger partial charge on any atom is 0.367 e. The smallest absolute Gasteiger partial charge is 0.367 e. The van der Waals surface area contributed by atoms with Gasteiger partial charge in [0.05, 0.1) is 13.2 Å². The van der Waals surface area contributed by atoms with Crippen LogP contribution in [0.3, 0.4) is 0 Å². The number of hydrogen-bond donors (Lipinski definition) is 1. The minimum Gasteiger partial charge on any atom is -0.508 e. The van der Waals surface area contributed by atoms with Gasteiger partial charge >= 0.3 is 7.60 Å². The lowest BCUT2D eigenvalue weighted by Crippen LogP contribution is -2.10. The van der Waals surface area contributed by atoms with Crippen LogP contribution in [0.1, 0.15) is 106 Å². The summed E-state index contributed by atoms with van der Waals surface area (Å²) in [5.41, 5.74) is 7.48. The van der Waals surface area contributed by atoms with E-state index in [0.29, 0.717) is 36.5 Å². The first-order valence-corrected chi connectivity index (χ1v) is 15.4. The van der Waals surface area contributed by atoms with Crippen LogP contribution >= 0.6 is 7.60 Å². The number of fused-ring (bicyclic) bond motifs is 1. The van der Waals surface area contributed by atoms with Crippen LogP contribution in [0.4, 0.5) is 0 Å². The highest BCUT2D eigenvalue weighted by atomic mass is 31.2. The van der Waals surface area contributed by atoms with Crippen LogP contribution in [-0.4, -0.2) is 24.7 Å². The molecule has 0 unspecified atom stereocenters. The molecule has 5 nitrogen and oxygen atoms in total. The molecule has 3 rings (SSSR count). The number of phenols is 1. The summed E-state index contributed by atoms with van der Waals surface area (Å²) in [6.07, 6.45) is 5.17. The number of benzene rings is 2. The molecule has 1 N–H and O–H groups in total. The summed E-state index contributed by atoms with van der Waals surface area (Å²) < 4.78 is 29.6. The summed E-state index contributed by atoms with van der Waals surface area (Å²) in [7, 11) is -3.27. The third-order valence-corrected chi connectivity index (χ3v) is 9.24. The van der Waals surface area contributed by atoms with E-state index in [1.807, 2.05) is 12.1 Å². The minimum absolute atomic E-state index is 0.0916. The fourth-order valence-corrected chi connectivity index (χ4v) is 6.87. The number of aryl methyl sites for hydroxylation is 2. The molecule has 0 heterocycles. The summed E-state index contributed by atoms with van der Waals surface area (Å²) in [5.74, 6) is 2.29. The standard InChI is InChI=1S/C30H45O5P/c1-8-22(9-2)15-24-17-29(31)27(20(5)6)18-28(24)26-13-12-23-16-25(14-21(7)30(23)26)33-19-36(32,34-10-3)35-11-4/h14,16-18,20,22,26,31H,8-13,15,19H2,1-7H3/t26-/m1/s1. The molecule has 0 aromatic heterocycles. The van der Waals surface area contributed by atoms with Crippen molar-refractivity contribution < 1.29 is 23.5 Å². The fourth-order valence-electron chi connectivity index (χ4n) is 5.56. The summed E-state index contributed by atoms with van der Waals surface area (Å²) >= 11 is 0.